The summed E-state index contributed by atoms with van der Waals surface area (Å²) in [4.78, 5) is 16.5. The van der Waals surface area contributed by atoms with Crippen LogP contribution in [0.3, 0.4) is 0 Å². The number of benzene rings is 1. The van der Waals surface area contributed by atoms with Crippen molar-refractivity contribution in [1.82, 2.24) is 10.3 Å². The fourth-order valence-corrected chi connectivity index (χ4v) is 2.80. The highest BCUT2D eigenvalue weighted by atomic mass is 32.1. The molecule has 1 heterocycles. The Balaban J connectivity index is 1.71. The van der Waals surface area contributed by atoms with E-state index in [1.807, 2.05) is 0 Å². The van der Waals surface area contributed by atoms with Crippen molar-refractivity contribution in [2.24, 2.45) is 5.92 Å². The zero-order chi connectivity index (χ0) is 15.7. The summed E-state index contributed by atoms with van der Waals surface area (Å²) in [6.07, 6.45) is -0.589. The van der Waals surface area contributed by atoms with E-state index in [4.69, 9.17) is 0 Å². The minimum absolute atomic E-state index is 0.178. The lowest BCUT2D eigenvalue weighted by Gasteiger charge is -2.06. The average molecular weight is 326 g/mol. The molecule has 0 radical (unpaired) electrons. The minimum Gasteiger partial charge on any atom is -0.351 e. The Hall–Kier alpha value is -1.89. The van der Waals surface area contributed by atoms with Crippen molar-refractivity contribution >= 4 is 17.2 Å². The fraction of sp³-hybridized carbons (Fsp3) is 0.333. The third-order valence-electron chi connectivity index (χ3n) is 3.44. The molecule has 0 aliphatic heterocycles. The van der Waals surface area contributed by atoms with Crippen LogP contribution in [-0.2, 0) is 6.18 Å². The number of nitrogens with zero attached hydrogens (tertiary/aromatic N) is 1. The van der Waals surface area contributed by atoms with Crippen LogP contribution < -0.4 is 5.32 Å². The molecule has 2 aromatic rings. The first-order valence-electron chi connectivity index (χ1n) is 6.85. The van der Waals surface area contributed by atoms with Gasteiger partial charge in [-0.15, -0.1) is 11.3 Å². The second kappa shape index (κ2) is 5.72. The number of carbonyl (C=O) groups is 1. The fourth-order valence-electron chi connectivity index (χ4n) is 1.96. The molecular formula is C15H13F3N2OS. The number of hydrogen-bond acceptors (Lipinski definition) is 3. The van der Waals surface area contributed by atoms with Crippen LogP contribution in [0.25, 0.3) is 10.6 Å². The van der Waals surface area contributed by atoms with Crippen LogP contribution in [-0.4, -0.2) is 17.4 Å². The Bertz CT molecular complexity index is 675. The molecule has 3 rings (SSSR count). The lowest BCUT2D eigenvalue weighted by atomic mass is 10.1. The molecule has 0 spiro atoms. The van der Waals surface area contributed by atoms with Gasteiger partial charge in [0, 0.05) is 12.1 Å². The maximum absolute atomic E-state index is 12.5. The van der Waals surface area contributed by atoms with Gasteiger partial charge in [-0.3, -0.25) is 4.79 Å². The van der Waals surface area contributed by atoms with E-state index in [9.17, 15) is 18.0 Å². The molecular weight excluding hydrogens is 313 g/mol. The highest BCUT2D eigenvalue weighted by molar-refractivity contribution is 7.16. The first-order chi connectivity index (χ1) is 10.4. The van der Waals surface area contributed by atoms with Crippen molar-refractivity contribution in [2.45, 2.75) is 19.0 Å². The molecule has 1 fully saturated rings. The summed E-state index contributed by atoms with van der Waals surface area (Å²) in [5.41, 5.74) is -0.130. The topological polar surface area (TPSA) is 42.0 Å². The zero-order valence-corrected chi connectivity index (χ0v) is 12.3. The van der Waals surface area contributed by atoms with Crippen LogP contribution in [0.5, 0.6) is 0 Å². The Morgan fingerprint density at radius 3 is 2.55 bits per heavy atom. The van der Waals surface area contributed by atoms with Gasteiger partial charge in [0.2, 0.25) is 0 Å². The van der Waals surface area contributed by atoms with Gasteiger partial charge in [0.15, 0.2) is 0 Å². The van der Waals surface area contributed by atoms with Crippen LogP contribution in [0.1, 0.15) is 28.1 Å². The molecule has 3 nitrogen and oxygen atoms in total. The maximum atomic E-state index is 12.5. The van der Waals surface area contributed by atoms with E-state index in [0.29, 0.717) is 27.9 Å². The van der Waals surface area contributed by atoms with E-state index in [0.717, 1.165) is 25.0 Å². The largest absolute Gasteiger partial charge is 0.416 e. The molecule has 0 atom stereocenters. The second-order valence-corrected chi connectivity index (χ2v) is 6.29. The SMILES string of the molecule is O=C(NCC1CC1)c1cnc(-c2ccc(C(F)(F)F)cc2)s1. The summed E-state index contributed by atoms with van der Waals surface area (Å²) in [5, 5.41) is 3.37. The van der Waals surface area contributed by atoms with Crippen LogP contribution in [0, 0.1) is 5.92 Å². The highest BCUT2D eigenvalue weighted by Gasteiger charge is 2.30. The van der Waals surface area contributed by atoms with Gasteiger partial charge in [0.05, 0.1) is 11.8 Å². The molecule has 7 heteroatoms. The summed E-state index contributed by atoms with van der Waals surface area (Å²) in [5.74, 6) is 0.411. The van der Waals surface area contributed by atoms with Gasteiger partial charge in [0.1, 0.15) is 9.88 Å². The van der Waals surface area contributed by atoms with E-state index in [2.05, 4.69) is 10.3 Å². The predicted octanol–water partition coefficient (Wildman–Crippen LogP) is 3.97. The van der Waals surface area contributed by atoms with E-state index < -0.39 is 11.7 Å². The van der Waals surface area contributed by atoms with E-state index >= 15 is 0 Å². The molecule has 1 amide bonds. The number of amides is 1. The van der Waals surface area contributed by atoms with E-state index in [-0.39, 0.29) is 5.91 Å². The lowest BCUT2D eigenvalue weighted by Crippen LogP contribution is -2.24. The maximum Gasteiger partial charge on any atom is 0.416 e. The number of thiazole rings is 1. The van der Waals surface area contributed by atoms with E-state index in [1.165, 1.54) is 29.7 Å². The van der Waals surface area contributed by atoms with Gasteiger partial charge in [-0.1, -0.05) is 12.1 Å². The highest BCUT2D eigenvalue weighted by Crippen LogP contribution is 2.32. The molecule has 1 aromatic carbocycles. The molecule has 0 unspecified atom stereocenters. The Morgan fingerprint density at radius 1 is 1.27 bits per heavy atom. The summed E-state index contributed by atoms with van der Waals surface area (Å²) >= 11 is 1.18. The average Bonchev–Trinajstić information content (AvgIpc) is 3.18. The summed E-state index contributed by atoms with van der Waals surface area (Å²) in [6, 6.07) is 4.77. The number of alkyl halides is 3. The molecule has 1 N–H and O–H groups in total. The Labute approximate surface area is 129 Å². The predicted molar refractivity (Wildman–Crippen MR) is 77.6 cm³/mol. The van der Waals surface area contributed by atoms with Crippen molar-refractivity contribution in [2.75, 3.05) is 6.54 Å². The Morgan fingerprint density at radius 2 is 1.95 bits per heavy atom. The zero-order valence-electron chi connectivity index (χ0n) is 11.5. The quantitative estimate of drug-likeness (QED) is 0.924. The molecule has 116 valence electrons. The number of rotatable bonds is 4. The van der Waals surface area contributed by atoms with Gasteiger partial charge < -0.3 is 5.32 Å². The van der Waals surface area contributed by atoms with Crippen LogP contribution >= 0.6 is 11.3 Å². The van der Waals surface area contributed by atoms with Crippen LogP contribution in [0.15, 0.2) is 30.5 Å². The summed E-state index contributed by atoms with van der Waals surface area (Å²) in [7, 11) is 0. The van der Waals surface area contributed by atoms with Crippen LogP contribution in [0.2, 0.25) is 0 Å². The molecule has 22 heavy (non-hydrogen) atoms. The summed E-state index contributed by atoms with van der Waals surface area (Å²) in [6.45, 7) is 0.673. The number of halogens is 3. The molecule has 1 aliphatic carbocycles. The van der Waals surface area contributed by atoms with Gasteiger partial charge >= 0.3 is 6.18 Å². The first kappa shape index (κ1) is 15.0. The molecule has 0 bridgehead atoms. The van der Waals surface area contributed by atoms with Gasteiger partial charge in [-0.2, -0.15) is 13.2 Å². The van der Waals surface area contributed by atoms with Crippen molar-refractivity contribution in [3.63, 3.8) is 0 Å². The van der Waals surface area contributed by atoms with Gasteiger partial charge in [0.25, 0.3) is 5.91 Å². The molecule has 1 saturated carbocycles. The smallest absolute Gasteiger partial charge is 0.351 e. The third kappa shape index (κ3) is 3.47. The number of aromatic nitrogens is 1. The van der Waals surface area contributed by atoms with Crippen LogP contribution in [0.4, 0.5) is 13.2 Å². The standard InChI is InChI=1S/C15H13F3N2OS/c16-15(17,18)11-5-3-10(4-6-11)14-20-8-12(22-14)13(21)19-7-9-1-2-9/h3-6,8-9H,1-2,7H2,(H,19,21). The number of hydrogen-bond donors (Lipinski definition) is 1. The van der Waals surface area contributed by atoms with Gasteiger partial charge in [-0.05, 0) is 30.9 Å². The molecule has 1 aromatic heterocycles. The Kier molecular flexibility index (Phi) is 3.90. The minimum atomic E-state index is -4.35. The molecule has 0 saturated heterocycles. The van der Waals surface area contributed by atoms with Gasteiger partial charge in [-0.25, -0.2) is 4.98 Å². The third-order valence-corrected chi connectivity index (χ3v) is 4.48. The van der Waals surface area contributed by atoms with Crippen molar-refractivity contribution in [3.8, 4) is 10.6 Å². The normalized spacial score (nSPS) is 14.9. The number of carbonyl (C=O) groups excluding carboxylic acids is 1. The monoisotopic (exact) mass is 326 g/mol. The van der Waals surface area contributed by atoms with Crippen molar-refractivity contribution < 1.29 is 18.0 Å². The summed E-state index contributed by atoms with van der Waals surface area (Å²) < 4.78 is 37.6. The van der Waals surface area contributed by atoms with E-state index in [1.54, 1.807) is 0 Å². The second-order valence-electron chi connectivity index (χ2n) is 5.26. The first-order valence-corrected chi connectivity index (χ1v) is 7.67. The van der Waals surface area contributed by atoms with Crippen molar-refractivity contribution in [1.29, 1.82) is 0 Å². The lowest BCUT2D eigenvalue weighted by molar-refractivity contribution is -0.137. The van der Waals surface area contributed by atoms with Crippen molar-refractivity contribution in [3.05, 3.63) is 40.9 Å². The number of nitrogens with one attached hydrogen (secondary N) is 1. The molecule has 1 aliphatic rings.